The Hall–Kier alpha value is -1.55. The Morgan fingerprint density at radius 2 is 2.21 bits per heavy atom. The van der Waals surface area contributed by atoms with Crippen molar-refractivity contribution in [1.82, 2.24) is 0 Å². The van der Waals surface area contributed by atoms with Crippen molar-refractivity contribution in [2.24, 2.45) is 0 Å². The second-order valence-electron chi connectivity index (χ2n) is 2.57. The van der Waals surface area contributed by atoms with Crippen LogP contribution >= 0.6 is 11.6 Å². The van der Waals surface area contributed by atoms with Gasteiger partial charge in [0.1, 0.15) is 5.82 Å². The molecule has 0 atom stereocenters. The Bertz CT molecular complexity index is 404. The molecule has 3 nitrogen and oxygen atoms in total. The Morgan fingerprint density at radius 3 is 2.79 bits per heavy atom. The molecule has 0 fully saturated rings. The lowest BCUT2D eigenvalue weighted by Gasteiger charge is -2.01. The molecule has 0 aliphatic carbocycles. The second-order valence-corrected chi connectivity index (χ2v) is 2.97. The van der Waals surface area contributed by atoms with Gasteiger partial charge in [0, 0.05) is 17.3 Å². The van der Waals surface area contributed by atoms with Crippen LogP contribution in [-0.2, 0) is 4.79 Å². The first-order valence-corrected chi connectivity index (χ1v) is 4.04. The smallest absolute Gasteiger partial charge is 0.328 e. The van der Waals surface area contributed by atoms with Crippen LogP contribution in [0.2, 0.25) is 5.02 Å². The van der Waals surface area contributed by atoms with E-state index in [1.165, 1.54) is 12.1 Å². The third-order valence-electron chi connectivity index (χ3n) is 1.53. The molecule has 0 saturated heterocycles. The molecule has 3 N–H and O–H groups in total. The molecule has 0 aliphatic heterocycles. The third-order valence-corrected chi connectivity index (χ3v) is 1.82. The zero-order valence-corrected chi connectivity index (χ0v) is 7.75. The maximum atomic E-state index is 12.9. The number of anilines is 1. The minimum absolute atomic E-state index is 0.0880. The SMILES string of the molecule is Nc1cc(Cl)c(F)cc1C=CC(=O)O. The number of benzene rings is 1. The zero-order valence-electron chi connectivity index (χ0n) is 7.00. The molecule has 0 heterocycles. The first kappa shape index (κ1) is 10.5. The molecule has 1 rings (SSSR count). The van der Waals surface area contributed by atoms with Crippen molar-refractivity contribution in [1.29, 1.82) is 0 Å². The lowest BCUT2D eigenvalue weighted by atomic mass is 10.1. The predicted molar refractivity (Wildman–Crippen MR) is 52.5 cm³/mol. The van der Waals surface area contributed by atoms with Crippen molar-refractivity contribution in [3.8, 4) is 0 Å². The van der Waals surface area contributed by atoms with Crippen LogP contribution in [0.3, 0.4) is 0 Å². The zero-order chi connectivity index (χ0) is 10.7. The van der Waals surface area contributed by atoms with Crippen molar-refractivity contribution in [2.75, 3.05) is 5.73 Å². The van der Waals surface area contributed by atoms with Crippen LogP contribution in [0.25, 0.3) is 6.08 Å². The number of carbonyl (C=O) groups is 1. The van der Waals surface area contributed by atoms with E-state index >= 15 is 0 Å². The summed E-state index contributed by atoms with van der Waals surface area (Å²) in [5.74, 6) is -1.76. The van der Waals surface area contributed by atoms with Crippen LogP contribution < -0.4 is 5.73 Å². The van der Waals surface area contributed by atoms with Crippen molar-refractivity contribution < 1.29 is 14.3 Å². The molecule has 14 heavy (non-hydrogen) atoms. The highest BCUT2D eigenvalue weighted by molar-refractivity contribution is 6.31. The van der Waals surface area contributed by atoms with Crippen LogP contribution in [0.4, 0.5) is 10.1 Å². The highest BCUT2D eigenvalue weighted by atomic mass is 35.5. The number of nitrogens with two attached hydrogens (primary N) is 1. The fourth-order valence-corrected chi connectivity index (χ4v) is 1.06. The van der Waals surface area contributed by atoms with Gasteiger partial charge < -0.3 is 10.8 Å². The standard InChI is InChI=1S/C9H7ClFNO2/c10-6-4-8(12)5(3-7(6)11)1-2-9(13)14/h1-4H,12H2,(H,13,14). The lowest BCUT2D eigenvalue weighted by molar-refractivity contribution is -0.131. The van der Waals surface area contributed by atoms with Gasteiger partial charge in [0.15, 0.2) is 0 Å². The maximum Gasteiger partial charge on any atom is 0.328 e. The lowest BCUT2D eigenvalue weighted by Crippen LogP contribution is -1.93. The molecular weight excluding hydrogens is 209 g/mol. The van der Waals surface area contributed by atoms with E-state index in [4.69, 9.17) is 22.4 Å². The van der Waals surface area contributed by atoms with Gasteiger partial charge in [-0.3, -0.25) is 0 Å². The number of halogens is 2. The molecule has 0 aliphatic rings. The minimum atomic E-state index is -1.13. The van der Waals surface area contributed by atoms with Gasteiger partial charge in [-0.05, 0) is 18.2 Å². The van der Waals surface area contributed by atoms with Crippen molar-refractivity contribution in [3.05, 3.63) is 34.6 Å². The van der Waals surface area contributed by atoms with Gasteiger partial charge in [-0.2, -0.15) is 0 Å². The van der Waals surface area contributed by atoms with E-state index in [9.17, 15) is 9.18 Å². The van der Waals surface area contributed by atoms with Gasteiger partial charge in [0.25, 0.3) is 0 Å². The second kappa shape index (κ2) is 4.11. The number of hydrogen-bond donors (Lipinski definition) is 2. The van der Waals surface area contributed by atoms with E-state index in [2.05, 4.69) is 0 Å². The fourth-order valence-electron chi connectivity index (χ4n) is 0.883. The Balaban J connectivity index is 3.10. The summed E-state index contributed by atoms with van der Waals surface area (Å²) in [4.78, 5) is 10.2. The van der Waals surface area contributed by atoms with Crippen LogP contribution in [0.1, 0.15) is 5.56 Å². The van der Waals surface area contributed by atoms with Gasteiger partial charge >= 0.3 is 5.97 Å². The summed E-state index contributed by atoms with van der Waals surface area (Å²) in [6.07, 6.45) is 2.08. The van der Waals surface area contributed by atoms with Crippen molar-refractivity contribution >= 4 is 29.3 Å². The van der Waals surface area contributed by atoms with Crippen LogP contribution in [0.15, 0.2) is 18.2 Å². The summed E-state index contributed by atoms with van der Waals surface area (Å²) >= 11 is 5.45. The van der Waals surface area contributed by atoms with E-state index in [-0.39, 0.29) is 16.3 Å². The van der Waals surface area contributed by atoms with Gasteiger partial charge in [-0.1, -0.05) is 11.6 Å². The predicted octanol–water partition coefficient (Wildman–Crippen LogP) is 2.16. The van der Waals surface area contributed by atoms with E-state index < -0.39 is 11.8 Å². The van der Waals surface area contributed by atoms with E-state index in [1.54, 1.807) is 0 Å². The highest BCUT2D eigenvalue weighted by Crippen LogP contribution is 2.22. The first-order chi connectivity index (χ1) is 6.50. The molecule has 0 radical (unpaired) electrons. The molecule has 1 aromatic carbocycles. The normalized spacial score (nSPS) is 10.7. The minimum Gasteiger partial charge on any atom is -0.478 e. The summed E-state index contributed by atoms with van der Waals surface area (Å²) in [5.41, 5.74) is 6.00. The molecule has 5 heteroatoms. The fraction of sp³-hybridized carbons (Fsp3) is 0. The number of rotatable bonds is 2. The summed E-state index contributed by atoms with van der Waals surface area (Å²) < 4.78 is 12.9. The maximum absolute atomic E-state index is 12.9. The molecule has 0 bridgehead atoms. The number of carboxylic acids is 1. The van der Waals surface area contributed by atoms with E-state index in [0.717, 1.165) is 12.1 Å². The third kappa shape index (κ3) is 2.47. The van der Waals surface area contributed by atoms with Gasteiger partial charge in [0.05, 0.1) is 5.02 Å². The quantitative estimate of drug-likeness (QED) is 0.587. The largest absolute Gasteiger partial charge is 0.478 e. The van der Waals surface area contributed by atoms with Crippen LogP contribution in [-0.4, -0.2) is 11.1 Å². The van der Waals surface area contributed by atoms with Gasteiger partial charge in [-0.25, -0.2) is 9.18 Å². The summed E-state index contributed by atoms with van der Waals surface area (Å²) in [6, 6.07) is 2.31. The van der Waals surface area contributed by atoms with Crippen molar-refractivity contribution in [3.63, 3.8) is 0 Å². The van der Waals surface area contributed by atoms with E-state index in [1.807, 2.05) is 0 Å². The average molecular weight is 216 g/mol. The molecular formula is C9H7ClFNO2. The topological polar surface area (TPSA) is 63.3 Å². The first-order valence-electron chi connectivity index (χ1n) is 3.66. The van der Waals surface area contributed by atoms with Crippen LogP contribution in [0, 0.1) is 5.82 Å². The molecule has 0 spiro atoms. The Kier molecular flexibility index (Phi) is 3.09. The van der Waals surface area contributed by atoms with Gasteiger partial charge in [0.2, 0.25) is 0 Å². The molecule has 0 saturated carbocycles. The molecule has 1 aromatic rings. The Labute approximate surface area is 84.6 Å². The van der Waals surface area contributed by atoms with Crippen LogP contribution in [0.5, 0.6) is 0 Å². The molecule has 0 unspecified atom stereocenters. The number of carboxylic acid groups (broad SMARTS) is 1. The monoisotopic (exact) mass is 215 g/mol. The Morgan fingerprint density at radius 1 is 1.57 bits per heavy atom. The van der Waals surface area contributed by atoms with Gasteiger partial charge in [-0.15, -0.1) is 0 Å². The number of aliphatic carboxylic acids is 1. The summed E-state index contributed by atoms with van der Waals surface area (Å²) in [5, 5.41) is 8.25. The molecule has 0 amide bonds. The number of nitrogen functional groups attached to an aromatic ring is 1. The van der Waals surface area contributed by atoms with Crippen molar-refractivity contribution in [2.45, 2.75) is 0 Å². The summed E-state index contributed by atoms with van der Waals surface area (Å²) in [6.45, 7) is 0. The molecule has 0 aromatic heterocycles. The average Bonchev–Trinajstić information content (AvgIpc) is 2.09. The van der Waals surface area contributed by atoms with E-state index in [0.29, 0.717) is 0 Å². The summed E-state index contributed by atoms with van der Waals surface area (Å²) in [7, 11) is 0. The highest BCUT2D eigenvalue weighted by Gasteiger charge is 2.03. The number of hydrogen-bond acceptors (Lipinski definition) is 2. The molecule has 74 valence electrons.